The lowest BCUT2D eigenvalue weighted by Crippen LogP contribution is -2.50. The molecule has 0 aromatic carbocycles. The first-order chi connectivity index (χ1) is 25.6. The number of hydrogen-bond acceptors (Lipinski definition) is 6. The van der Waals surface area contributed by atoms with Crippen LogP contribution in [-0.2, 0) is 28.6 Å². The number of quaternary nitrogens is 1. The Kier molecular flexibility index (Phi) is 33.2. The maximum absolute atomic E-state index is 12.6. The van der Waals surface area contributed by atoms with Gasteiger partial charge in [0.2, 0.25) is 0 Å². The molecule has 2 unspecified atom stereocenters. The van der Waals surface area contributed by atoms with Gasteiger partial charge in [-0.05, 0) is 64.2 Å². The van der Waals surface area contributed by atoms with Crippen molar-refractivity contribution in [2.45, 2.75) is 142 Å². The van der Waals surface area contributed by atoms with Gasteiger partial charge in [0.25, 0.3) is 0 Å². The number of carboxylic acid groups (broad SMARTS) is 1. The number of carboxylic acids is 1. The Balaban J connectivity index is 4.58. The first kappa shape index (κ1) is 49.5. The summed E-state index contributed by atoms with van der Waals surface area (Å²) in [6, 6.07) is -0.636. The minimum absolute atomic E-state index is 0.0117. The summed E-state index contributed by atoms with van der Waals surface area (Å²) in [4.78, 5) is 36.8. The van der Waals surface area contributed by atoms with Gasteiger partial charge in [-0.2, -0.15) is 0 Å². The molecular formula is C45H74NO7+. The number of unbranched alkanes of at least 4 members (excludes halogenated alkanes) is 7. The highest BCUT2D eigenvalue weighted by atomic mass is 16.6. The van der Waals surface area contributed by atoms with Crippen molar-refractivity contribution in [2.75, 3.05) is 41.0 Å². The minimum atomic E-state index is -0.895. The lowest BCUT2D eigenvalue weighted by Gasteiger charge is -2.31. The van der Waals surface area contributed by atoms with Crippen molar-refractivity contribution in [1.82, 2.24) is 0 Å². The third kappa shape index (κ3) is 34.1. The molecule has 0 aromatic rings. The fourth-order valence-corrected chi connectivity index (χ4v) is 5.18. The van der Waals surface area contributed by atoms with Crippen molar-refractivity contribution in [1.29, 1.82) is 0 Å². The van der Waals surface area contributed by atoms with Crippen LogP contribution < -0.4 is 0 Å². The highest BCUT2D eigenvalue weighted by molar-refractivity contribution is 5.72. The van der Waals surface area contributed by atoms with E-state index in [0.29, 0.717) is 19.3 Å². The Hall–Kier alpha value is -3.49. The summed E-state index contributed by atoms with van der Waals surface area (Å²) in [5, 5.41) is 9.59. The Bertz CT molecular complexity index is 1140. The van der Waals surface area contributed by atoms with E-state index in [1.807, 2.05) is 27.2 Å². The van der Waals surface area contributed by atoms with Crippen molar-refractivity contribution in [3.63, 3.8) is 0 Å². The van der Waals surface area contributed by atoms with E-state index in [1.165, 1.54) is 19.3 Å². The van der Waals surface area contributed by atoms with Crippen molar-refractivity contribution in [2.24, 2.45) is 0 Å². The van der Waals surface area contributed by atoms with Gasteiger partial charge in [-0.1, -0.05) is 131 Å². The molecule has 0 saturated carbocycles. The lowest BCUT2D eigenvalue weighted by molar-refractivity contribution is -0.887. The monoisotopic (exact) mass is 741 g/mol. The quantitative estimate of drug-likeness (QED) is 0.0303. The summed E-state index contributed by atoms with van der Waals surface area (Å²) < 4.78 is 17.1. The second kappa shape index (κ2) is 35.5. The molecule has 0 spiro atoms. The molecule has 0 heterocycles. The van der Waals surface area contributed by atoms with Crippen LogP contribution >= 0.6 is 0 Å². The maximum atomic E-state index is 12.6. The molecule has 0 fully saturated rings. The van der Waals surface area contributed by atoms with E-state index in [9.17, 15) is 19.5 Å². The molecule has 1 N–H and O–H groups in total. The smallest absolute Gasteiger partial charge is 0.362 e. The molecule has 0 aliphatic rings. The third-order valence-corrected chi connectivity index (χ3v) is 8.31. The molecule has 2 atom stereocenters. The van der Waals surface area contributed by atoms with Crippen molar-refractivity contribution < 1.29 is 38.2 Å². The van der Waals surface area contributed by atoms with Crippen LogP contribution in [0.3, 0.4) is 0 Å². The lowest BCUT2D eigenvalue weighted by atomic mass is 10.1. The summed E-state index contributed by atoms with van der Waals surface area (Å²) in [7, 11) is 5.47. The number of hydrogen-bond donors (Lipinski definition) is 1. The number of carbonyl (C=O) groups is 3. The molecule has 0 rings (SSSR count). The van der Waals surface area contributed by atoms with Gasteiger partial charge in [0, 0.05) is 12.8 Å². The second-order valence-electron chi connectivity index (χ2n) is 14.2. The van der Waals surface area contributed by atoms with E-state index in [-0.39, 0.29) is 36.7 Å². The number of allylic oxidation sites excluding steroid dienone is 13. The van der Waals surface area contributed by atoms with Gasteiger partial charge >= 0.3 is 17.9 Å². The number of nitrogens with zero attached hydrogens (tertiary/aromatic N) is 1. The predicted octanol–water partition coefficient (Wildman–Crippen LogP) is 10.6. The van der Waals surface area contributed by atoms with Crippen LogP contribution in [0.1, 0.15) is 129 Å². The van der Waals surface area contributed by atoms with E-state index < -0.39 is 24.1 Å². The van der Waals surface area contributed by atoms with Crippen LogP contribution in [0.5, 0.6) is 0 Å². The molecule has 53 heavy (non-hydrogen) atoms. The predicted molar refractivity (Wildman–Crippen MR) is 220 cm³/mol. The Morgan fingerprint density at radius 1 is 0.604 bits per heavy atom. The van der Waals surface area contributed by atoms with Crippen molar-refractivity contribution in [3.05, 3.63) is 85.1 Å². The molecule has 0 aromatic heterocycles. The molecule has 0 bridgehead atoms. The molecular weight excluding hydrogens is 666 g/mol. The standard InChI is InChI=1S/C45H73NO7/c1-6-8-10-12-14-16-18-20-22-24-26-28-30-32-34-36-44(48)53-41(39-51-38-37-42(45(49)50)46(3,4)5)40-52-43(47)35-33-31-29-27-25-23-21-19-17-15-13-11-9-7-2/h8,10,13-16,19-22,26,28,32,34,41-42H,6-7,9,11-12,17-18,23-25,27,29-31,33,35-40H2,1-5H3/p+1/b10-8-,15-13-,16-14-,21-19-,22-20-,28-26-,34-32-. The van der Waals surface area contributed by atoms with E-state index >= 15 is 0 Å². The molecule has 0 aliphatic heterocycles. The van der Waals surface area contributed by atoms with Crippen LogP contribution in [-0.4, -0.2) is 80.6 Å². The van der Waals surface area contributed by atoms with Crippen LogP contribution in [0.4, 0.5) is 0 Å². The molecule has 0 saturated heterocycles. The number of ether oxygens (including phenoxy) is 3. The SMILES string of the molecule is CC/C=C\C/C=C\C/C=C\C/C=C\C/C=C\CC(=O)OC(COCCC(C(=O)O)[N+](C)(C)C)COC(=O)CCCCCCC/C=C\C/C=C\CCCC. The first-order valence-corrected chi connectivity index (χ1v) is 20.1. The number of esters is 2. The molecule has 0 aliphatic carbocycles. The van der Waals surface area contributed by atoms with Gasteiger partial charge in [-0.25, -0.2) is 4.79 Å². The van der Waals surface area contributed by atoms with Gasteiger partial charge in [0.1, 0.15) is 6.61 Å². The van der Waals surface area contributed by atoms with Gasteiger partial charge < -0.3 is 23.8 Å². The average molecular weight is 741 g/mol. The highest BCUT2D eigenvalue weighted by Crippen LogP contribution is 2.11. The topological polar surface area (TPSA) is 99.1 Å². The zero-order chi connectivity index (χ0) is 39.3. The van der Waals surface area contributed by atoms with E-state index in [1.54, 1.807) is 6.08 Å². The molecule has 0 amide bonds. The summed E-state index contributed by atoms with van der Waals surface area (Å²) in [6.07, 6.45) is 45.1. The van der Waals surface area contributed by atoms with E-state index in [2.05, 4.69) is 86.8 Å². The van der Waals surface area contributed by atoms with Crippen LogP contribution in [0.15, 0.2) is 85.1 Å². The summed E-state index contributed by atoms with van der Waals surface area (Å²) >= 11 is 0. The highest BCUT2D eigenvalue weighted by Gasteiger charge is 2.31. The van der Waals surface area contributed by atoms with Crippen molar-refractivity contribution in [3.8, 4) is 0 Å². The zero-order valence-electron chi connectivity index (χ0n) is 33.9. The zero-order valence-corrected chi connectivity index (χ0v) is 33.9. The van der Waals surface area contributed by atoms with Crippen molar-refractivity contribution >= 4 is 17.9 Å². The van der Waals surface area contributed by atoms with E-state index in [4.69, 9.17) is 14.2 Å². The molecule has 0 radical (unpaired) electrons. The van der Waals surface area contributed by atoms with Crippen LogP contribution in [0.25, 0.3) is 0 Å². The normalized spacial score (nSPS) is 13.9. The van der Waals surface area contributed by atoms with Crippen LogP contribution in [0.2, 0.25) is 0 Å². The second-order valence-corrected chi connectivity index (χ2v) is 14.2. The third-order valence-electron chi connectivity index (χ3n) is 8.31. The first-order valence-electron chi connectivity index (χ1n) is 20.1. The minimum Gasteiger partial charge on any atom is -0.477 e. The van der Waals surface area contributed by atoms with Gasteiger partial charge in [-0.15, -0.1) is 0 Å². The Morgan fingerprint density at radius 3 is 1.66 bits per heavy atom. The van der Waals surface area contributed by atoms with Gasteiger partial charge in [0.15, 0.2) is 12.1 Å². The fraction of sp³-hybridized carbons (Fsp3) is 0.622. The molecule has 8 heteroatoms. The Labute approximate surface area is 323 Å². The largest absolute Gasteiger partial charge is 0.477 e. The number of aliphatic carboxylic acids is 1. The fourth-order valence-electron chi connectivity index (χ4n) is 5.18. The molecule has 300 valence electrons. The average Bonchev–Trinajstić information content (AvgIpc) is 3.11. The number of carbonyl (C=O) groups excluding carboxylic acids is 2. The summed E-state index contributed by atoms with van der Waals surface area (Å²) in [6.45, 7) is 4.43. The van der Waals surface area contributed by atoms with E-state index in [0.717, 1.165) is 70.6 Å². The number of likely N-dealkylation sites (N-methyl/N-ethyl adjacent to an activating group) is 1. The van der Waals surface area contributed by atoms with Crippen LogP contribution in [0, 0.1) is 0 Å². The van der Waals surface area contributed by atoms with Gasteiger partial charge in [0.05, 0.1) is 40.8 Å². The summed E-state index contributed by atoms with van der Waals surface area (Å²) in [5.41, 5.74) is 0. The molecule has 8 nitrogen and oxygen atoms in total. The number of rotatable bonds is 34. The van der Waals surface area contributed by atoms with Gasteiger partial charge in [-0.3, -0.25) is 9.59 Å². The summed E-state index contributed by atoms with van der Waals surface area (Å²) in [5.74, 6) is -1.66. The Morgan fingerprint density at radius 2 is 1.11 bits per heavy atom. The maximum Gasteiger partial charge on any atom is 0.362 e.